The molecule has 3 N–H and O–H groups in total. The second-order valence-corrected chi connectivity index (χ2v) is 10.2. The van der Waals surface area contributed by atoms with Gasteiger partial charge in [0.25, 0.3) is 0 Å². The zero-order valence-corrected chi connectivity index (χ0v) is 21.0. The number of likely N-dealkylation sites (tertiary alicyclic amines) is 1. The maximum atomic E-state index is 14.2. The molecule has 0 aliphatic carbocycles. The van der Waals surface area contributed by atoms with Crippen LogP contribution < -0.4 is 10.6 Å². The molecule has 8 nitrogen and oxygen atoms in total. The lowest BCUT2D eigenvalue weighted by atomic mass is 9.65. The number of nitrogens with one attached hydrogen (secondary N) is 2. The molecular formula is C27H30ClN3O5. The SMILES string of the molecule is CC[C@@]12CCC3(O1)C(C(=O)Nc1ccccc1Cl)N([C@H](CO)c1ccccc1)C(=O)[C@@H]3[C@@H]2C(=O)NC. The lowest BCUT2D eigenvalue weighted by Crippen LogP contribution is -2.54. The molecule has 5 rings (SSSR count). The first kappa shape index (κ1) is 24.7. The molecule has 6 atom stereocenters. The van der Waals surface area contributed by atoms with E-state index in [1.165, 1.54) is 4.90 Å². The maximum absolute atomic E-state index is 14.2. The van der Waals surface area contributed by atoms with Crippen molar-refractivity contribution in [3.63, 3.8) is 0 Å². The van der Waals surface area contributed by atoms with Gasteiger partial charge in [-0.05, 0) is 37.0 Å². The fraction of sp³-hybridized carbons (Fsp3) is 0.444. The Morgan fingerprint density at radius 2 is 1.83 bits per heavy atom. The smallest absolute Gasteiger partial charge is 0.250 e. The van der Waals surface area contributed by atoms with Gasteiger partial charge in [0.05, 0.1) is 40.8 Å². The number of hydrogen-bond donors (Lipinski definition) is 3. The monoisotopic (exact) mass is 511 g/mol. The zero-order chi connectivity index (χ0) is 25.7. The van der Waals surface area contributed by atoms with E-state index in [1.807, 2.05) is 37.3 Å². The summed E-state index contributed by atoms with van der Waals surface area (Å²) in [6.07, 6.45) is 1.55. The number of benzene rings is 2. The molecule has 190 valence electrons. The van der Waals surface area contributed by atoms with E-state index in [0.717, 1.165) is 0 Å². The average Bonchev–Trinajstić information content (AvgIpc) is 3.50. The van der Waals surface area contributed by atoms with Gasteiger partial charge in [-0.3, -0.25) is 14.4 Å². The molecule has 36 heavy (non-hydrogen) atoms. The van der Waals surface area contributed by atoms with Crippen molar-refractivity contribution in [2.45, 2.75) is 49.5 Å². The van der Waals surface area contributed by atoms with Gasteiger partial charge in [-0.2, -0.15) is 0 Å². The van der Waals surface area contributed by atoms with Crippen LogP contribution in [0.25, 0.3) is 0 Å². The summed E-state index contributed by atoms with van der Waals surface area (Å²) in [5.74, 6) is -2.67. The number of anilines is 1. The van der Waals surface area contributed by atoms with Crippen LogP contribution in [0.4, 0.5) is 5.69 Å². The van der Waals surface area contributed by atoms with E-state index >= 15 is 0 Å². The van der Waals surface area contributed by atoms with E-state index in [0.29, 0.717) is 35.5 Å². The molecule has 3 aliphatic rings. The summed E-state index contributed by atoms with van der Waals surface area (Å²) >= 11 is 6.32. The number of halogens is 1. The molecule has 1 spiro atoms. The van der Waals surface area contributed by atoms with Crippen LogP contribution in [0.1, 0.15) is 37.8 Å². The first-order chi connectivity index (χ1) is 17.3. The van der Waals surface area contributed by atoms with Crippen molar-refractivity contribution >= 4 is 35.0 Å². The van der Waals surface area contributed by atoms with E-state index in [2.05, 4.69) is 10.6 Å². The molecule has 9 heteroatoms. The van der Waals surface area contributed by atoms with Gasteiger partial charge in [-0.25, -0.2) is 0 Å². The van der Waals surface area contributed by atoms with Crippen LogP contribution >= 0.6 is 11.6 Å². The van der Waals surface area contributed by atoms with Gasteiger partial charge in [-0.1, -0.05) is 61.0 Å². The Labute approximate surface area is 215 Å². The summed E-state index contributed by atoms with van der Waals surface area (Å²) in [7, 11) is 1.55. The highest BCUT2D eigenvalue weighted by molar-refractivity contribution is 6.33. The van der Waals surface area contributed by atoms with Crippen LogP contribution in [0.5, 0.6) is 0 Å². The molecule has 3 aliphatic heterocycles. The number of amides is 3. The third-order valence-electron chi connectivity index (χ3n) is 8.22. The number of rotatable bonds is 7. The highest BCUT2D eigenvalue weighted by Crippen LogP contribution is 2.65. The van der Waals surface area contributed by atoms with Crippen LogP contribution in [-0.4, -0.2) is 58.6 Å². The van der Waals surface area contributed by atoms with Gasteiger partial charge in [0, 0.05) is 7.05 Å². The summed E-state index contributed by atoms with van der Waals surface area (Å²) in [6, 6.07) is 14.1. The van der Waals surface area contributed by atoms with Crippen LogP contribution in [0.3, 0.4) is 0 Å². The zero-order valence-electron chi connectivity index (χ0n) is 20.2. The second kappa shape index (κ2) is 9.18. The van der Waals surface area contributed by atoms with Crippen molar-refractivity contribution in [1.82, 2.24) is 10.2 Å². The van der Waals surface area contributed by atoms with Crippen LogP contribution in [0.15, 0.2) is 54.6 Å². The van der Waals surface area contributed by atoms with Crippen molar-refractivity contribution in [1.29, 1.82) is 0 Å². The Kier molecular flexibility index (Phi) is 6.31. The number of aliphatic hydroxyl groups is 1. The molecule has 2 unspecified atom stereocenters. The first-order valence-electron chi connectivity index (χ1n) is 12.3. The minimum atomic E-state index is -1.20. The van der Waals surface area contributed by atoms with E-state index in [4.69, 9.17) is 16.3 Å². The highest BCUT2D eigenvalue weighted by Gasteiger charge is 2.79. The quantitative estimate of drug-likeness (QED) is 0.530. The first-order valence-corrected chi connectivity index (χ1v) is 12.7. The fourth-order valence-corrected chi connectivity index (χ4v) is 6.82. The Balaban J connectivity index is 1.64. The second-order valence-electron chi connectivity index (χ2n) is 9.77. The lowest BCUT2D eigenvalue weighted by molar-refractivity contribution is -0.149. The molecule has 2 aromatic carbocycles. The summed E-state index contributed by atoms with van der Waals surface area (Å²) in [4.78, 5) is 42.8. The van der Waals surface area contributed by atoms with Gasteiger partial charge in [-0.15, -0.1) is 0 Å². The number of carbonyl (C=O) groups is 3. The van der Waals surface area contributed by atoms with E-state index in [9.17, 15) is 19.5 Å². The average molecular weight is 512 g/mol. The normalized spacial score (nSPS) is 31.3. The lowest BCUT2D eigenvalue weighted by Gasteiger charge is -2.37. The third-order valence-corrected chi connectivity index (χ3v) is 8.55. The van der Waals surface area contributed by atoms with Crippen molar-refractivity contribution in [2.24, 2.45) is 11.8 Å². The Morgan fingerprint density at radius 3 is 2.47 bits per heavy atom. The van der Waals surface area contributed by atoms with Crippen molar-refractivity contribution < 1.29 is 24.2 Å². The molecule has 2 aromatic rings. The standard InChI is InChI=1S/C27H30ClN3O5/c1-3-26-13-14-27(36-26)21(20(26)23(33)29-2)25(35)31(19(15-32)16-9-5-4-6-10-16)22(27)24(34)30-18-12-8-7-11-17(18)28/h4-12,19-22,32H,3,13-15H2,1-2H3,(H,29,33)(H,30,34)/t19-,20-,21+,22?,26+,27?/m1/s1. The number of nitrogens with zero attached hydrogens (tertiary/aromatic N) is 1. The van der Waals surface area contributed by atoms with Crippen molar-refractivity contribution in [2.75, 3.05) is 19.0 Å². The van der Waals surface area contributed by atoms with E-state index in [1.54, 1.807) is 31.3 Å². The summed E-state index contributed by atoms with van der Waals surface area (Å²) in [6.45, 7) is 1.55. The van der Waals surface area contributed by atoms with Gasteiger partial charge in [0.1, 0.15) is 11.6 Å². The molecule has 2 bridgehead atoms. The molecule has 3 fully saturated rings. The minimum absolute atomic E-state index is 0.274. The van der Waals surface area contributed by atoms with Gasteiger partial charge in [0.2, 0.25) is 17.7 Å². The molecule has 3 heterocycles. The molecular weight excluding hydrogens is 482 g/mol. The Bertz CT molecular complexity index is 1190. The molecule has 0 aromatic heterocycles. The van der Waals surface area contributed by atoms with E-state index < -0.39 is 47.6 Å². The predicted molar refractivity (Wildman–Crippen MR) is 134 cm³/mol. The van der Waals surface area contributed by atoms with E-state index in [-0.39, 0.29) is 11.8 Å². The molecule has 3 amide bonds. The molecule has 0 saturated carbocycles. The number of carbonyl (C=O) groups excluding carboxylic acids is 3. The summed E-state index contributed by atoms with van der Waals surface area (Å²) < 4.78 is 6.69. The van der Waals surface area contributed by atoms with Crippen LogP contribution in [-0.2, 0) is 19.1 Å². The van der Waals surface area contributed by atoms with Gasteiger partial charge >= 0.3 is 0 Å². The van der Waals surface area contributed by atoms with Gasteiger partial charge < -0.3 is 25.4 Å². The topological polar surface area (TPSA) is 108 Å². The number of fused-ring (bicyclic) bond motifs is 1. The maximum Gasteiger partial charge on any atom is 0.250 e. The molecule has 0 radical (unpaired) electrons. The van der Waals surface area contributed by atoms with Gasteiger partial charge in [0.15, 0.2) is 0 Å². The third kappa shape index (κ3) is 3.46. The molecule has 3 saturated heterocycles. The number of para-hydroxylation sites is 1. The number of ether oxygens (including phenoxy) is 1. The van der Waals surface area contributed by atoms with Crippen LogP contribution in [0.2, 0.25) is 5.02 Å². The minimum Gasteiger partial charge on any atom is -0.394 e. The van der Waals surface area contributed by atoms with Crippen LogP contribution in [0, 0.1) is 11.8 Å². The highest BCUT2D eigenvalue weighted by atomic mass is 35.5. The van der Waals surface area contributed by atoms with Crippen molar-refractivity contribution in [3.8, 4) is 0 Å². The Hall–Kier alpha value is -2.94. The largest absolute Gasteiger partial charge is 0.394 e. The fourth-order valence-electron chi connectivity index (χ4n) is 6.64. The summed E-state index contributed by atoms with van der Waals surface area (Å²) in [5.41, 5.74) is -0.914. The number of aliphatic hydroxyl groups excluding tert-OH is 1. The predicted octanol–water partition coefficient (Wildman–Crippen LogP) is 2.91. The number of hydrogen-bond acceptors (Lipinski definition) is 5. The summed E-state index contributed by atoms with van der Waals surface area (Å²) in [5, 5.41) is 16.4. The van der Waals surface area contributed by atoms with Crippen molar-refractivity contribution in [3.05, 3.63) is 65.2 Å². The Morgan fingerprint density at radius 1 is 1.14 bits per heavy atom.